The molecule has 1 aliphatic carbocycles. The highest BCUT2D eigenvalue weighted by Crippen LogP contribution is 2.50. The summed E-state index contributed by atoms with van der Waals surface area (Å²) in [7, 11) is 0. The van der Waals surface area contributed by atoms with Crippen LogP contribution < -0.4 is 0 Å². The second-order valence-electron chi connectivity index (χ2n) is 10.9. The fourth-order valence-corrected chi connectivity index (χ4v) is 6.09. The summed E-state index contributed by atoms with van der Waals surface area (Å²) in [4.78, 5) is 12.2. The van der Waals surface area contributed by atoms with Crippen molar-refractivity contribution in [2.24, 2.45) is 0 Å². The SMILES string of the molecule is CC1(C)CCC(C)(C)c2c(SCc3ccc(F)cc3)cc(C(O)C=Cc3ccc(C(=O)O)cc3)cc21. The number of hydrogen-bond acceptors (Lipinski definition) is 3. The van der Waals surface area contributed by atoms with E-state index in [0.29, 0.717) is 5.75 Å². The van der Waals surface area contributed by atoms with Crippen LogP contribution in [0, 0.1) is 5.82 Å². The van der Waals surface area contributed by atoms with Crippen molar-refractivity contribution >= 4 is 23.8 Å². The third-order valence-corrected chi connectivity index (χ3v) is 8.29. The number of rotatable bonds is 7. The predicted octanol–water partition coefficient (Wildman–Crippen LogP) is 7.91. The number of carboxylic acids is 1. The molecule has 0 heterocycles. The van der Waals surface area contributed by atoms with E-state index >= 15 is 0 Å². The minimum atomic E-state index is -0.962. The zero-order chi connectivity index (χ0) is 26.1. The number of aromatic carboxylic acids is 1. The van der Waals surface area contributed by atoms with E-state index in [9.17, 15) is 14.3 Å². The van der Waals surface area contributed by atoms with Gasteiger partial charge in [0, 0.05) is 10.6 Å². The number of halogens is 1. The quantitative estimate of drug-likeness (QED) is 0.321. The number of aliphatic hydroxyl groups is 1. The maximum absolute atomic E-state index is 13.4. The van der Waals surface area contributed by atoms with Gasteiger partial charge in [0.2, 0.25) is 0 Å². The molecule has 1 aliphatic rings. The van der Waals surface area contributed by atoms with Gasteiger partial charge in [-0.05, 0) is 81.8 Å². The molecule has 0 radical (unpaired) electrons. The number of carbonyl (C=O) groups is 1. The molecule has 3 aromatic rings. The van der Waals surface area contributed by atoms with Crippen molar-refractivity contribution in [2.45, 2.75) is 68.1 Å². The number of fused-ring (bicyclic) bond motifs is 1. The Hall–Kier alpha value is -2.89. The number of aliphatic hydroxyl groups excluding tert-OH is 1. The number of carboxylic acid groups (broad SMARTS) is 1. The molecule has 0 spiro atoms. The third kappa shape index (κ3) is 5.74. The molecule has 1 unspecified atom stereocenters. The number of thioether (sulfide) groups is 1. The molecule has 3 nitrogen and oxygen atoms in total. The second-order valence-corrected chi connectivity index (χ2v) is 11.9. The standard InChI is InChI=1S/C31H33FO3S/c1-30(2)15-16-31(3,4)28-25(30)17-23(18-27(28)36-19-21-7-12-24(32)13-8-21)26(33)14-9-20-5-10-22(11-6-20)29(34)35/h5-14,17-18,26,33H,15-16,19H2,1-4H3,(H,34,35). The van der Waals surface area contributed by atoms with Crippen LogP contribution in [0.2, 0.25) is 0 Å². The van der Waals surface area contributed by atoms with E-state index in [4.69, 9.17) is 5.11 Å². The fourth-order valence-electron chi connectivity index (χ4n) is 4.83. The Bertz CT molecular complexity index is 1270. The highest BCUT2D eigenvalue weighted by atomic mass is 32.2. The summed E-state index contributed by atoms with van der Waals surface area (Å²) >= 11 is 1.73. The van der Waals surface area contributed by atoms with Gasteiger partial charge in [0.05, 0.1) is 11.7 Å². The maximum Gasteiger partial charge on any atom is 0.335 e. The molecule has 0 aliphatic heterocycles. The Kier molecular flexibility index (Phi) is 7.44. The van der Waals surface area contributed by atoms with Crippen molar-refractivity contribution in [1.82, 2.24) is 0 Å². The molecule has 4 rings (SSSR count). The smallest absolute Gasteiger partial charge is 0.335 e. The van der Waals surface area contributed by atoms with E-state index in [1.165, 1.54) is 23.3 Å². The van der Waals surface area contributed by atoms with Crippen molar-refractivity contribution in [3.8, 4) is 0 Å². The lowest BCUT2D eigenvalue weighted by molar-refractivity contribution is 0.0697. The summed E-state index contributed by atoms with van der Waals surface area (Å²) in [6.07, 6.45) is 4.91. The van der Waals surface area contributed by atoms with Gasteiger partial charge in [0.1, 0.15) is 5.82 Å². The molecule has 2 N–H and O–H groups in total. The van der Waals surface area contributed by atoms with Crippen LogP contribution >= 0.6 is 11.8 Å². The van der Waals surface area contributed by atoms with Crippen molar-refractivity contribution in [2.75, 3.05) is 0 Å². The van der Waals surface area contributed by atoms with Crippen LogP contribution in [0.5, 0.6) is 0 Å². The van der Waals surface area contributed by atoms with E-state index < -0.39 is 12.1 Å². The van der Waals surface area contributed by atoms with Crippen molar-refractivity contribution in [3.63, 3.8) is 0 Å². The Morgan fingerprint density at radius 1 is 1.00 bits per heavy atom. The lowest BCUT2D eigenvalue weighted by Crippen LogP contribution is -2.34. The molecule has 188 valence electrons. The molecule has 0 saturated carbocycles. The van der Waals surface area contributed by atoms with E-state index in [1.54, 1.807) is 42.1 Å². The summed E-state index contributed by atoms with van der Waals surface area (Å²) in [6.45, 7) is 9.12. The van der Waals surface area contributed by atoms with Crippen LogP contribution in [-0.2, 0) is 16.6 Å². The molecule has 0 aromatic heterocycles. The van der Waals surface area contributed by atoms with Crippen molar-refractivity contribution in [3.05, 3.63) is 106 Å². The molecule has 0 bridgehead atoms. The normalized spacial score (nSPS) is 17.1. The molecule has 0 amide bonds. The van der Waals surface area contributed by atoms with Crippen molar-refractivity contribution < 1.29 is 19.4 Å². The van der Waals surface area contributed by atoms with E-state index in [-0.39, 0.29) is 22.2 Å². The van der Waals surface area contributed by atoms with Gasteiger partial charge in [0.15, 0.2) is 0 Å². The van der Waals surface area contributed by atoms with Gasteiger partial charge in [-0.3, -0.25) is 0 Å². The van der Waals surface area contributed by atoms with Crippen LogP contribution in [0.4, 0.5) is 4.39 Å². The molecule has 1 atom stereocenters. The first-order valence-electron chi connectivity index (χ1n) is 12.2. The number of hydrogen-bond donors (Lipinski definition) is 2. The minimum Gasteiger partial charge on any atom is -0.478 e. The third-order valence-electron chi connectivity index (χ3n) is 7.18. The van der Waals surface area contributed by atoms with Crippen LogP contribution in [0.1, 0.15) is 84.8 Å². The lowest BCUT2D eigenvalue weighted by Gasteiger charge is -2.43. The first-order valence-corrected chi connectivity index (χ1v) is 13.2. The highest BCUT2D eigenvalue weighted by molar-refractivity contribution is 7.98. The molecule has 5 heteroatoms. The summed E-state index contributed by atoms with van der Waals surface area (Å²) in [5.41, 5.74) is 5.56. The van der Waals surface area contributed by atoms with Crippen molar-refractivity contribution in [1.29, 1.82) is 0 Å². The summed E-state index contributed by atoms with van der Waals surface area (Å²) in [5.74, 6) is -0.483. The lowest BCUT2D eigenvalue weighted by atomic mass is 9.63. The molecule has 36 heavy (non-hydrogen) atoms. The number of benzene rings is 3. The van der Waals surface area contributed by atoms with Gasteiger partial charge in [0.25, 0.3) is 0 Å². The second kappa shape index (κ2) is 10.2. The molecule has 0 fully saturated rings. The van der Waals surface area contributed by atoms with Gasteiger partial charge < -0.3 is 10.2 Å². The Balaban J connectivity index is 1.69. The molecular formula is C31H33FO3S. The molecule has 3 aromatic carbocycles. The van der Waals surface area contributed by atoms with Gasteiger partial charge >= 0.3 is 5.97 Å². The summed E-state index contributed by atoms with van der Waals surface area (Å²) in [6, 6.07) is 17.5. The summed E-state index contributed by atoms with van der Waals surface area (Å²) in [5, 5.41) is 20.2. The van der Waals surface area contributed by atoms with Gasteiger partial charge in [-0.25, -0.2) is 9.18 Å². The molecular weight excluding hydrogens is 471 g/mol. The largest absolute Gasteiger partial charge is 0.478 e. The van der Waals surface area contributed by atoms with E-state index in [1.807, 2.05) is 18.2 Å². The van der Waals surface area contributed by atoms with Gasteiger partial charge in [-0.2, -0.15) is 0 Å². The highest BCUT2D eigenvalue weighted by Gasteiger charge is 2.39. The Morgan fingerprint density at radius 2 is 1.64 bits per heavy atom. The zero-order valence-corrected chi connectivity index (χ0v) is 22.0. The predicted molar refractivity (Wildman–Crippen MR) is 145 cm³/mol. The van der Waals surface area contributed by atoms with Gasteiger partial charge in [-0.1, -0.05) is 70.2 Å². The first kappa shape index (κ1) is 26.2. The van der Waals surface area contributed by atoms with Crippen LogP contribution in [-0.4, -0.2) is 16.2 Å². The van der Waals surface area contributed by atoms with E-state index in [0.717, 1.165) is 34.4 Å². The fraction of sp³-hybridized carbons (Fsp3) is 0.323. The molecule has 0 saturated heterocycles. The van der Waals surface area contributed by atoms with Gasteiger partial charge in [-0.15, -0.1) is 11.8 Å². The zero-order valence-electron chi connectivity index (χ0n) is 21.2. The minimum absolute atomic E-state index is 0.0118. The van der Waals surface area contributed by atoms with E-state index in [2.05, 4.69) is 39.8 Å². The average Bonchev–Trinajstić information content (AvgIpc) is 2.85. The monoisotopic (exact) mass is 504 g/mol. The average molecular weight is 505 g/mol. The van der Waals surface area contributed by atoms with Crippen LogP contribution in [0.25, 0.3) is 6.08 Å². The Labute approximate surface area is 217 Å². The Morgan fingerprint density at radius 3 is 2.28 bits per heavy atom. The summed E-state index contributed by atoms with van der Waals surface area (Å²) < 4.78 is 13.4. The first-order chi connectivity index (χ1) is 17.0. The topological polar surface area (TPSA) is 57.5 Å². The maximum atomic E-state index is 13.4. The van der Waals surface area contributed by atoms with Crippen LogP contribution in [0.3, 0.4) is 0 Å². The van der Waals surface area contributed by atoms with Crippen LogP contribution in [0.15, 0.2) is 71.6 Å².